The Hall–Kier alpha value is 0.460. The molecule has 0 bridgehead atoms. The maximum Gasteiger partial charge on any atom is 0.125 e. The van der Waals surface area contributed by atoms with Crippen molar-refractivity contribution in [3.8, 4) is 0 Å². The Labute approximate surface area is 64.5 Å². The Morgan fingerprint density at radius 1 is 1.38 bits per heavy atom. The van der Waals surface area contributed by atoms with Crippen LogP contribution in [0.3, 0.4) is 0 Å². The number of aliphatic hydroxyl groups excluding tert-OH is 2. The Kier molecular flexibility index (Phi) is 4.60. The van der Waals surface area contributed by atoms with E-state index in [0.29, 0.717) is 0 Å². The molecule has 0 aromatic rings. The molecule has 0 aliphatic heterocycles. The molecule has 2 atom stereocenters. The van der Waals surface area contributed by atoms with Crippen LogP contribution in [0.1, 0.15) is 0 Å². The van der Waals surface area contributed by atoms with Crippen molar-refractivity contribution in [2.24, 2.45) is 0 Å². The maximum atomic E-state index is 8.66. The molecule has 2 N–H and O–H groups in total. The molecule has 0 fully saturated rings. The second-order valence-electron chi connectivity index (χ2n) is 1.16. The van der Waals surface area contributed by atoms with Crippen molar-refractivity contribution in [3.05, 3.63) is 12.3 Å². The summed E-state index contributed by atoms with van der Waals surface area (Å²) in [4.78, 5) is -0.229. The van der Waals surface area contributed by atoms with Crippen molar-refractivity contribution in [1.29, 1.82) is 0 Å². The van der Waals surface area contributed by atoms with E-state index in [9.17, 15) is 0 Å². The first kappa shape index (κ1) is 8.46. The molecule has 0 amide bonds. The zero-order chi connectivity index (χ0) is 6.57. The summed E-state index contributed by atoms with van der Waals surface area (Å²) in [6.45, 7) is 0. The normalized spacial score (nSPS) is 18.9. The molecule has 0 aliphatic carbocycles. The largest absolute Gasteiger partial charge is 0.516 e. The Bertz CT molecular complexity index is 82.1. The highest BCUT2D eigenvalue weighted by atomic mass is 79.9. The van der Waals surface area contributed by atoms with Crippen LogP contribution in [0.15, 0.2) is 12.3 Å². The number of aliphatic hydroxyl groups is 2. The summed E-state index contributed by atoms with van der Waals surface area (Å²) in [5.74, 6) is 0. The molecular formula is C4H6Br2O2. The van der Waals surface area contributed by atoms with Gasteiger partial charge in [0.15, 0.2) is 0 Å². The second-order valence-corrected chi connectivity index (χ2v) is 3.15. The van der Waals surface area contributed by atoms with Gasteiger partial charge in [-0.3, -0.25) is 0 Å². The fourth-order valence-electron chi connectivity index (χ4n) is 0.174. The molecule has 0 saturated carbocycles. The van der Waals surface area contributed by atoms with E-state index >= 15 is 0 Å². The molecule has 2 nitrogen and oxygen atoms in total. The Morgan fingerprint density at radius 3 is 2.00 bits per heavy atom. The third kappa shape index (κ3) is 3.46. The maximum absolute atomic E-state index is 8.66. The zero-order valence-electron chi connectivity index (χ0n) is 3.96. The van der Waals surface area contributed by atoms with Gasteiger partial charge in [-0.15, -0.1) is 0 Å². The number of hydrogen-bond acceptors (Lipinski definition) is 2. The van der Waals surface area contributed by atoms with Gasteiger partial charge in [0.1, 0.15) is 5.01 Å². The summed E-state index contributed by atoms with van der Waals surface area (Å²) in [6, 6.07) is 0. The number of rotatable bonds is 2. The van der Waals surface area contributed by atoms with Crippen LogP contribution in [-0.2, 0) is 0 Å². The minimum atomic E-state index is -0.647. The van der Waals surface area contributed by atoms with Gasteiger partial charge in [-0.2, -0.15) is 0 Å². The van der Waals surface area contributed by atoms with Crippen LogP contribution in [0.4, 0.5) is 0 Å². The van der Waals surface area contributed by atoms with E-state index in [4.69, 9.17) is 10.2 Å². The van der Waals surface area contributed by atoms with Gasteiger partial charge in [0.05, 0.1) is 11.1 Å². The standard InChI is InChI=1S/C4H6Br2O2/c5-3(1-2-7)4(6)8/h1-4,7-8H/b2-1+. The first-order valence-corrected chi connectivity index (χ1v) is 3.78. The lowest BCUT2D eigenvalue weighted by atomic mass is 10.4. The van der Waals surface area contributed by atoms with Gasteiger partial charge in [0, 0.05) is 0 Å². The summed E-state index contributed by atoms with van der Waals surface area (Å²) >= 11 is 5.95. The minimum absolute atomic E-state index is 0.229. The molecule has 0 heterocycles. The molecule has 2 unspecified atom stereocenters. The van der Waals surface area contributed by atoms with Crippen molar-refractivity contribution in [2.75, 3.05) is 0 Å². The molecule has 0 aromatic carbocycles. The zero-order valence-corrected chi connectivity index (χ0v) is 7.13. The highest BCUT2D eigenvalue weighted by Gasteiger charge is 2.06. The summed E-state index contributed by atoms with van der Waals surface area (Å²) in [6.07, 6.45) is 2.29. The molecule has 0 radical (unpaired) electrons. The van der Waals surface area contributed by atoms with E-state index in [1.165, 1.54) is 6.08 Å². The first-order chi connectivity index (χ1) is 3.68. The van der Waals surface area contributed by atoms with Crippen molar-refractivity contribution < 1.29 is 10.2 Å². The smallest absolute Gasteiger partial charge is 0.125 e. The third-order valence-corrected chi connectivity index (χ3v) is 2.62. The van der Waals surface area contributed by atoms with Crippen LogP contribution in [0.25, 0.3) is 0 Å². The van der Waals surface area contributed by atoms with Gasteiger partial charge >= 0.3 is 0 Å². The summed E-state index contributed by atoms with van der Waals surface area (Å²) < 4.78 is 0. The SMILES string of the molecule is O/C=C/C(Br)C(O)Br. The van der Waals surface area contributed by atoms with Gasteiger partial charge in [0.2, 0.25) is 0 Å². The van der Waals surface area contributed by atoms with Crippen LogP contribution >= 0.6 is 31.9 Å². The van der Waals surface area contributed by atoms with Crippen molar-refractivity contribution in [2.45, 2.75) is 9.84 Å². The van der Waals surface area contributed by atoms with E-state index < -0.39 is 5.01 Å². The monoisotopic (exact) mass is 244 g/mol. The first-order valence-electron chi connectivity index (χ1n) is 1.95. The van der Waals surface area contributed by atoms with E-state index in [1.807, 2.05) is 0 Å². The van der Waals surface area contributed by atoms with Crippen molar-refractivity contribution in [3.63, 3.8) is 0 Å². The lowest BCUT2D eigenvalue weighted by Crippen LogP contribution is -2.08. The molecule has 0 spiro atoms. The Balaban J connectivity index is 3.47. The fraction of sp³-hybridized carbons (Fsp3) is 0.500. The van der Waals surface area contributed by atoms with Gasteiger partial charge in [-0.25, -0.2) is 0 Å². The summed E-state index contributed by atoms with van der Waals surface area (Å²) in [5, 5.41) is 16.2. The molecule has 48 valence electrons. The summed E-state index contributed by atoms with van der Waals surface area (Å²) in [5.41, 5.74) is 0. The van der Waals surface area contributed by atoms with E-state index in [1.54, 1.807) is 0 Å². The van der Waals surface area contributed by atoms with Crippen LogP contribution in [0, 0.1) is 0 Å². The number of halogens is 2. The third-order valence-electron chi connectivity index (χ3n) is 0.533. The quantitative estimate of drug-likeness (QED) is 0.573. The van der Waals surface area contributed by atoms with Gasteiger partial charge < -0.3 is 10.2 Å². The van der Waals surface area contributed by atoms with E-state index in [0.717, 1.165) is 6.26 Å². The topological polar surface area (TPSA) is 40.5 Å². The molecular weight excluding hydrogens is 240 g/mol. The van der Waals surface area contributed by atoms with Crippen LogP contribution in [0.2, 0.25) is 0 Å². The second kappa shape index (κ2) is 4.35. The highest BCUT2D eigenvalue weighted by molar-refractivity contribution is 9.12. The fourth-order valence-corrected chi connectivity index (χ4v) is 0.487. The van der Waals surface area contributed by atoms with Crippen LogP contribution in [0.5, 0.6) is 0 Å². The van der Waals surface area contributed by atoms with Crippen LogP contribution < -0.4 is 0 Å². The van der Waals surface area contributed by atoms with Gasteiger partial charge in [0.25, 0.3) is 0 Å². The summed E-state index contributed by atoms with van der Waals surface area (Å²) in [7, 11) is 0. The van der Waals surface area contributed by atoms with Crippen LogP contribution in [-0.4, -0.2) is 20.1 Å². The minimum Gasteiger partial charge on any atom is -0.516 e. The predicted octanol–water partition coefficient (Wildman–Crippen LogP) is 1.53. The van der Waals surface area contributed by atoms with Gasteiger partial charge in [-0.05, 0) is 6.08 Å². The molecule has 0 aromatic heterocycles. The van der Waals surface area contributed by atoms with E-state index in [-0.39, 0.29) is 4.83 Å². The average molecular weight is 246 g/mol. The number of hydrogen-bond donors (Lipinski definition) is 2. The van der Waals surface area contributed by atoms with Gasteiger partial charge in [-0.1, -0.05) is 31.9 Å². The molecule has 4 heteroatoms. The molecule has 0 rings (SSSR count). The molecule has 0 saturated heterocycles. The Morgan fingerprint density at radius 2 is 1.88 bits per heavy atom. The average Bonchev–Trinajstić information content (AvgIpc) is 1.67. The number of alkyl halides is 2. The van der Waals surface area contributed by atoms with E-state index in [2.05, 4.69) is 31.9 Å². The predicted molar refractivity (Wildman–Crippen MR) is 39.4 cm³/mol. The molecule has 8 heavy (non-hydrogen) atoms. The highest BCUT2D eigenvalue weighted by Crippen LogP contribution is 2.11. The van der Waals surface area contributed by atoms with Crippen molar-refractivity contribution >= 4 is 31.9 Å². The lowest BCUT2D eigenvalue weighted by molar-refractivity contribution is 0.279. The van der Waals surface area contributed by atoms with Crippen molar-refractivity contribution in [1.82, 2.24) is 0 Å². The lowest BCUT2D eigenvalue weighted by Gasteiger charge is -2.02. The molecule has 0 aliphatic rings.